The average molecular weight is 393 g/mol. The number of ether oxygens (including phenoxy) is 1. The number of hydrogen-bond donors (Lipinski definition) is 0. The van der Waals surface area contributed by atoms with Crippen LogP contribution in [0.3, 0.4) is 0 Å². The smallest absolute Gasteiger partial charge is 0.330 e. The monoisotopic (exact) mass is 393 g/mol. The number of halogens is 2. The second kappa shape index (κ2) is 5.92. The summed E-state index contributed by atoms with van der Waals surface area (Å²) < 4.78 is 20.0. The molecule has 0 aliphatic heterocycles. The summed E-state index contributed by atoms with van der Waals surface area (Å²) in [6, 6.07) is 1.38. The van der Waals surface area contributed by atoms with Gasteiger partial charge >= 0.3 is 5.97 Å². The van der Waals surface area contributed by atoms with Gasteiger partial charge in [0, 0.05) is 11.5 Å². The normalized spacial score (nSPS) is 12.0. The lowest BCUT2D eigenvalue weighted by Crippen LogP contribution is -1.96. The molecule has 5 nitrogen and oxygen atoms in total. The van der Waals surface area contributed by atoms with Gasteiger partial charge in [-0.15, -0.1) is 0 Å². The zero-order valence-corrected chi connectivity index (χ0v) is 13.3. The SMILES string of the molecule is COC(=O)/C=C/c1nc2c(cc1F)c(C)nn2PI. The van der Waals surface area contributed by atoms with Gasteiger partial charge in [0.2, 0.25) is 0 Å². The van der Waals surface area contributed by atoms with Crippen LogP contribution in [0.1, 0.15) is 11.4 Å². The molecule has 1 unspecified atom stereocenters. The first-order chi connectivity index (χ1) is 9.06. The number of carbonyl (C=O) groups is 1. The van der Waals surface area contributed by atoms with E-state index in [-0.39, 0.29) is 5.69 Å². The maximum absolute atomic E-state index is 13.9. The van der Waals surface area contributed by atoms with E-state index in [9.17, 15) is 9.18 Å². The van der Waals surface area contributed by atoms with Crippen molar-refractivity contribution >= 4 is 51.5 Å². The van der Waals surface area contributed by atoms with Crippen LogP contribution >= 0.6 is 28.4 Å². The van der Waals surface area contributed by atoms with E-state index < -0.39 is 11.8 Å². The van der Waals surface area contributed by atoms with Crippen molar-refractivity contribution in [3.8, 4) is 0 Å². The lowest BCUT2D eigenvalue weighted by Gasteiger charge is -2.00. The minimum atomic E-state index is -0.554. The molecule has 0 N–H and O–H groups in total. The van der Waals surface area contributed by atoms with E-state index in [1.54, 1.807) is 11.4 Å². The fourth-order valence-electron chi connectivity index (χ4n) is 1.56. The summed E-state index contributed by atoms with van der Waals surface area (Å²) in [6.45, 7) is 1.81. The molecule has 0 aromatic carbocycles. The number of nitrogens with zero attached hydrogens (tertiary/aromatic N) is 3. The minimum Gasteiger partial charge on any atom is -0.466 e. The molecule has 2 aromatic rings. The summed E-state index contributed by atoms with van der Waals surface area (Å²) in [4.78, 5) is 15.2. The molecule has 0 radical (unpaired) electrons. The first kappa shape index (κ1) is 14.3. The van der Waals surface area contributed by atoms with Crippen LogP contribution in [-0.2, 0) is 9.53 Å². The fraction of sp³-hybridized carbons (Fsp3) is 0.182. The van der Waals surface area contributed by atoms with Crippen molar-refractivity contribution in [2.24, 2.45) is 0 Å². The molecule has 0 aliphatic carbocycles. The predicted molar refractivity (Wildman–Crippen MR) is 81.0 cm³/mol. The van der Waals surface area contributed by atoms with Gasteiger partial charge in [-0.25, -0.2) is 18.6 Å². The number of rotatable bonds is 3. The van der Waals surface area contributed by atoms with Crippen LogP contribution in [0.2, 0.25) is 0 Å². The van der Waals surface area contributed by atoms with Crippen molar-refractivity contribution in [3.05, 3.63) is 29.3 Å². The fourth-order valence-corrected chi connectivity index (χ4v) is 3.01. The van der Waals surface area contributed by atoms with E-state index in [0.717, 1.165) is 11.8 Å². The molecule has 0 bridgehead atoms. The Bertz CT molecular complexity index is 671. The van der Waals surface area contributed by atoms with Crippen LogP contribution in [-0.4, -0.2) is 27.6 Å². The highest BCUT2D eigenvalue weighted by Gasteiger charge is 2.12. The highest BCUT2D eigenvalue weighted by Crippen LogP contribution is 2.30. The summed E-state index contributed by atoms with van der Waals surface area (Å²) >= 11 is 2.18. The minimum absolute atomic E-state index is 0.0914. The standard InChI is InChI=1S/C11H10FIN3O2P/c1-6-7-5-8(12)9(3-4-10(17)18-2)14-11(7)16(15-6)19-13/h3-5,19H,1-2H3/b4-3+. The van der Waals surface area contributed by atoms with Gasteiger partial charge in [-0.3, -0.25) is 0 Å². The van der Waals surface area contributed by atoms with Crippen molar-refractivity contribution < 1.29 is 13.9 Å². The Hall–Kier alpha value is -1.08. The summed E-state index contributed by atoms with van der Waals surface area (Å²) in [5, 5.41) is 4.96. The first-order valence-electron chi connectivity index (χ1n) is 5.25. The molecule has 0 saturated heterocycles. The average Bonchev–Trinajstić information content (AvgIpc) is 2.72. The van der Waals surface area contributed by atoms with E-state index in [4.69, 9.17) is 0 Å². The highest BCUT2D eigenvalue weighted by molar-refractivity contribution is 14.2. The van der Waals surface area contributed by atoms with Crippen molar-refractivity contribution in [3.63, 3.8) is 0 Å². The molecule has 8 heteroatoms. The third-order valence-electron chi connectivity index (χ3n) is 2.48. The number of methoxy groups -OCH3 is 1. The van der Waals surface area contributed by atoms with E-state index >= 15 is 0 Å². The highest BCUT2D eigenvalue weighted by atomic mass is 127. The zero-order valence-electron chi connectivity index (χ0n) is 10.1. The molecule has 0 aliphatic rings. The number of carbonyl (C=O) groups excluding carboxylic acids is 1. The molecule has 2 heterocycles. The topological polar surface area (TPSA) is 57.0 Å². The second-order valence-electron chi connectivity index (χ2n) is 3.66. The van der Waals surface area contributed by atoms with Gasteiger partial charge in [-0.1, -0.05) is 0 Å². The van der Waals surface area contributed by atoms with Crippen molar-refractivity contribution in [2.45, 2.75) is 6.92 Å². The Labute approximate surface area is 123 Å². The third-order valence-corrected chi connectivity index (χ3v) is 4.32. The maximum atomic E-state index is 13.9. The van der Waals surface area contributed by atoms with E-state index in [2.05, 4.69) is 36.9 Å². The molecule has 2 rings (SSSR count). The van der Waals surface area contributed by atoms with E-state index in [1.807, 2.05) is 0 Å². The summed E-state index contributed by atoms with van der Waals surface area (Å²) in [5.74, 6) is -1.05. The molecule has 0 fully saturated rings. The first-order valence-corrected chi connectivity index (χ1v) is 9.31. The van der Waals surface area contributed by atoms with Crippen LogP contribution in [0.25, 0.3) is 17.1 Å². The molecule has 0 spiro atoms. The predicted octanol–water partition coefficient (Wildman–Crippen LogP) is 2.86. The number of hydrogen-bond acceptors (Lipinski definition) is 4. The molecular formula is C11H10FIN3O2P. The Kier molecular flexibility index (Phi) is 4.46. The molecule has 0 saturated carbocycles. The molecule has 19 heavy (non-hydrogen) atoms. The lowest BCUT2D eigenvalue weighted by atomic mass is 10.2. The Balaban J connectivity index is 2.54. The third kappa shape index (κ3) is 2.92. The summed E-state index contributed by atoms with van der Waals surface area (Å²) in [7, 11) is 1.26. The maximum Gasteiger partial charge on any atom is 0.330 e. The van der Waals surface area contributed by atoms with Gasteiger partial charge in [0.15, 0.2) is 5.65 Å². The number of aromatic nitrogens is 3. The quantitative estimate of drug-likeness (QED) is 0.349. The zero-order chi connectivity index (χ0) is 14.0. The molecular weight excluding hydrogens is 383 g/mol. The second-order valence-corrected chi connectivity index (χ2v) is 5.70. The van der Waals surface area contributed by atoms with Gasteiger partial charge in [0.25, 0.3) is 0 Å². The number of pyridine rings is 1. The van der Waals surface area contributed by atoms with Crippen LogP contribution < -0.4 is 0 Å². The van der Waals surface area contributed by atoms with Crippen LogP contribution in [0.15, 0.2) is 12.1 Å². The van der Waals surface area contributed by atoms with Crippen molar-refractivity contribution in [1.29, 1.82) is 0 Å². The van der Waals surface area contributed by atoms with Gasteiger partial charge in [-0.05, 0) is 41.1 Å². The summed E-state index contributed by atoms with van der Waals surface area (Å²) in [5.41, 5.74) is 1.43. The Morgan fingerprint density at radius 2 is 2.37 bits per heavy atom. The molecule has 100 valence electrons. The number of aryl methyl sites for hydroxylation is 1. The Morgan fingerprint density at radius 3 is 3.00 bits per heavy atom. The molecule has 2 aromatic heterocycles. The number of esters is 1. The van der Waals surface area contributed by atoms with Crippen molar-refractivity contribution in [1.82, 2.24) is 14.5 Å². The van der Waals surface area contributed by atoms with E-state index in [1.165, 1.54) is 19.3 Å². The van der Waals surface area contributed by atoms with E-state index in [0.29, 0.717) is 17.4 Å². The van der Waals surface area contributed by atoms with Gasteiger partial charge in [-0.2, -0.15) is 5.10 Å². The molecule has 0 amide bonds. The Morgan fingerprint density at radius 1 is 1.63 bits per heavy atom. The lowest BCUT2D eigenvalue weighted by molar-refractivity contribution is -0.134. The van der Waals surface area contributed by atoms with Crippen molar-refractivity contribution in [2.75, 3.05) is 7.11 Å². The molecule has 1 atom stereocenters. The summed E-state index contributed by atoms with van der Waals surface area (Å²) in [6.07, 6.45) is 2.80. The van der Waals surface area contributed by atoms with Crippen LogP contribution in [0.5, 0.6) is 0 Å². The van der Waals surface area contributed by atoms with Crippen LogP contribution in [0, 0.1) is 12.7 Å². The number of fused-ring (bicyclic) bond motifs is 1. The van der Waals surface area contributed by atoms with Gasteiger partial charge < -0.3 is 4.74 Å². The largest absolute Gasteiger partial charge is 0.466 e. The van der Waals surface area contributed by atoms with Gasteiger partial charge in [0.05, 0.1) is 19.2 Å². The van der Waals surface area contributed by atoms with Gasteiger partial charge in [0.1, 0.15) is 11.5 Å². The van der Waals surface area contributed by atoms with Crippen LogP contribution in [0.4, 0.5) is 4.39 Å².